The molecule has 0 spiro atoms. The predicted octanol–water partition coefficient (Wildman–Crippen LogP) is 3.05. The molecule has 0 saturated heterocycles. The van der Waals surface area contributed by atoms with Crippen LogP contribution in [-0.2, 0) is 0 Å². The SMILES string of the molecule is COc1cc(OC)cc(C(NN)c2ccc(Cl)cc2F)c1. The molecule has 0 aromatic heterocycles. The molecule has 3 N–H and O–H groups in total. The average molecular weight is 311 g/mol. The Morgan fingerprint density at radius 2 is 1.71 bits per heavy atom. The van der Waals surface area contributed by atoms with Crippen molar-refractivity contribution in [3.05, 3.63) is 58.4 Å². The second kappa shape index (κ2) is 6.76. The highest BCUT2D eigenvalue weighted by atomic mass is 35.5. The van der Waals surface area contributed by atoms with E-state index in [2.05, 4.69) is 5.43 Å². The summed E-state index contributed by atoms with van der Waals surface area (Å²) in [5, 5.41) is 0.329. The molecule has 1 unspecified atom stereocenters. The lowest BCUT2D eigenvalue weighted by atomic mass is 9.98. The molecule has 0 amide bonds. The summed E-state index contributed by atoms with van der Waals surface area (Å²) in [6.45, 7) is 0. The first-order valence-corrected chi connectivity index (χ1v) is 6.61. The smallest absolute Gasteiger partial charge is 0.129 e. The molecule has 0 aliphatic carbocycles. The highest BCUT2D eigenvalue weighted by molar-refractivity contribution is 6.30. The lowest BCUT2D eigenvalue weighted by molar-refractivity contribution is 0.392. The van der Waals surface area contributed by atoms with Crippen LogP contribution in [0.2, 0.25) is 5.02 Å². The van der Waals surface area contributed by atoms with Gasteiger partial charge in [0.15, 0.2) is 0 Å². The molecule has 6 heteroatoms. The van der Waals surface area contributed by atoms with Crippen molar-refractivity contribution in [3.8, 4) is 11.5 Å². The summed E-state index contributed by atoms with van der Waals surface area (Å²) in [4.78, 5) is 0. The summed E-state index contributed by atoms with van der Waals surface area (Å²) >= 11 is 5.77. The number of hydrazine groups is 1. The van der Waals surface area contributed by atoms with Gasteiger partial charge in [0.1, 0.15) is 17.3 Å². The van der Waals surface area contributed by atoms with E-state index in [4.69, 9.17) is 26.9 Å². The van der Waals surface area contributed by atoms with Gasteiger partial charge in [-0.15, -0.1) is 0 Å². The van der Waals surface area contributed by atoms with Crippen molar-refractivity contribution < 1.29 is 13.9 Å². The van der Waals surface area contributed by atoms with Crippen molar-refractivity contribution in [3.63, 3.8) is 0 Å². The fourth-order valence-electron chi connectivity index (χ4n) is 2.10. The Morgan fingerprint density at radius 1 is 1.10 bits per heavy atom. The molecule has 0 aliphatic rings. The van der Waals surface area contributed by atoms with Crippen LogP contribution < -0.4 is 20.7 Å². The summed E-state index contributed by atoms with van der Waals surface area (Å²) in [5.41, 5.74) is 3.71. The van der Waals surface area contributed by atoms with Gasteiger partial charge >= 0.3 is 0 Å². The Hall–Kier alpha value is -1.82. The topological polar surface area (TPSA) is 56.5 Å². The molecule has 21 heavy (non-hydrogen) atoms. The van der Waals surface area contributed by atoms with Gasteiger partial charge in [0, 0.05) is 16.7 Å². The normalized spacial score (nSPS) is 12.0. The minimum absolute atomic E-state index is 0.329. The standard InChI is InChI=1S/C15H16ClFN2O2/c1-20-11-5-9(6-12(8-11)21-2)15(19-18)13-4-3-10(16)7-14(13)17/h3-8,15,19H,18H2,1-2H3. The number of benzene rings is 2. The monoisotopic (exact) mass is 310 g/mol. The van der Waals surface area contributed by atoms with Gasteiger partial charge in [-0.05, 0) is 29.8 Å². The number of halogens is 2. The fraction of sp³-hybridized carbons (Fsp3) is 0.200. The number of methoxy groups -OCH3 is 2. The van der Waals surface area contributed by atoms with Crippen LogP contribution in [0.3, 0.4) is 0 Å². The van der Waals surface area contributed by atoms with E-state index in [9.17, 15) is 4.39 Å². The molecular formula is C15H16ClFN2O2. The summed E-state index contributed by atoms with van der Waals surface area (Å²) < 4.78 is 24.5. The zero-order valence-corrected chi connectivity index (χ0v) is 12.4. The Morgan fingerprint density at radius 3 is 2.19 bits per heavy atom. The van der Waals surface area contributed by atoms with E-state index in [1.807, 2.05) is 0 Å². The van der Waals surface area contributed by atoms with E-state index in [-0.39, 0.29) is 0 Å². The van der Waals surface area contributed by atoms with Crippen molar-refractivity contribution in [1.29, 1.82) is 0 Å². The average Bonchev–Trinajstić information content (AvgIpc) is 2.49. The quantitative estimate of drug-likeness (QED) is 0.658. The lowest BCUT2D eigenvalue weighted by Crippen LogP contribution is -2.29. The molecule has 2 aromatic carbocycles. The maximum Gasteiger partial charge on any atom is 0.129 e. The number of nitrogens with one attached hydrogen (secondary N) is 1. The van der Waals surface area contributed by atoms with Crippen molar-refractivity contribution in [2.24, 2.45) is 5.84 Å². The van der Waals surface area contributed by atoms with Gasteiger partial charge in [-0.3, -0.25) is 5.84 Å². The number of hydrogen-bond donors (Lipinski definition) is 2. The molecule has 2 rings (SSSR count). The maximum atomic E-state index is 14.1. The molecule has 0 fully saturated rings. The molecule has 0 saturated carbocycles. The van der Waals surface area contributed by atoms with Crippen molar-refractivity contribution in [2.45, 2.75) is 6.04 Å². The Labute approximate surface area is 127 Å². The first-order valence-electron chi connectivity index (χ1n) is 6.23. The molecule has 2 aromatic rings. The minimum Gasteiger partial charge on any atom is -0.497 e. The third kappa shape index (κ3) is 3.44. The van der Waals surface area contributed by atoms with Crippen LogP contribution >= 0.6 is 11.6 Å². The zero-order valence-electron chi connectivity index (χ0n) is 11.7. The van der Waals surface area contributed by atoms with Crippen molar-refractivity contribution in [1.82, 2.24) is 5.43 Å². The Balaban J connectivity index is 2.50. The van der Waals surface area contributed by atoms with E-state index < -0.39 is 11.9 Å². The highest BCUT2D eigenvalue weighted by Crippen LogP contribution is 2.31. The van der Waals surface area contributed by atoms with Crippen LogP contribution in [-0.4, -0.2) is 14.2 Å². The third-order valence-electron chi connectivity index (χ3n) is 3.15. The molecule has 4 nitrogen and oxygen atoms in total. The van der Waals surface area contributed by atoms with E-state index in [1.54, 1.807) is 44.6 Å². The van der Waals surface area contributed by atoms with Crippen LogP contribution in [0, 0.1) is 5.82 Å². The molecule has 0 aliphatic heterocycles. The molecule has 0 radical (unpaired) electrons. The Bertz CT molecular complexity index is 615. The van der Waals surface area contributed by atoms with Crippen LogP contribution in [0.5, 0.6) is 11.5 Å². The molecule has 1 atom stereocenters. The summed E-state index contributed by atoms with van der Waals surface area (Å²) in [6.07, 6.45) is 0. The van der Waals surface area contributed by atoms with Crippen molar-refractivity contribution in [2.75, 3.05) is 14.2 Å². The van der Waals surface area contributed by atoms with E-state index in [1.165, 1.54) is 6.07 Å². The van der Waals surface area contributed by atoms with E-state index in [0.717, 1.165) is 5.56 Å². The second-order valence-electron chi connectivity index (χ2n) is 4.41. The second-order valence-corrected chi connectivity index (χ2v) is 4.85. The molecule has 0 heterocycles. The number of rotatable bonds is 5. The van der Waals surface area contributed by atoms with Gasteiger partial charge in [-0.25, -0.2) is 9.82 Å². The van der Waals surface area contributed by atoms with E-state index >= 15 is 0 Å². The van der Waals surface area contributed by atoms with Crippen LogP contribution in [0.1, 0.15) is 17.2 Å². The molecular weight excluding hydrogens is 295 g/mol. The van der Waals surface area contributed by atoms with E-state index in [0.29, 0.717) is 22.1 Å². The van der Waals surface area contributed by atoms with Crippen LogP contribution in [0.15, 0.2) is 36.4 Å². The highest BCUT2D eigenvalue weighted by Gasteiger charge is 2.18. The number of hydrogen-bond acceptors (Lipinski definition) is 4. The van der Waals surface area contributed by atoms with Gasteiger partial charge < -0.3 is 9.47 Å². The number of ether oxygens (including phenoxy) is 2. The van der Waals surface area contributed by atoms with Crippen LogP contribution in [0.25, 0.3) is 0 Å². The first kappa shape index (κ1) is 15.6. The Kier molecular flexibility index (Phi) is 5.01. The first-order chi connectivity index (χ1) is 10.1. The third-order valence-corrected chi connectivity index (χ3v) is 3.38. The fourth-order valence-corrected chi connectivity index (χ4v) is 2.26. The minimum atomic E-state index is -0.550. The summed E-state index contributed by atoms with van der Waals surface area (Å²) in [5.74, 6) is 6.35. The molecule has 0 bridgehead atoms. The largest absolute Gasteiger partial charge is 0.497 e. The zero-order chi connectivity index (χ0) is 15.4. The van der Waals surface area contributed by atoms with Gasteiger partial charge in [0.25, 0.3) is 0 Å². The van der Waals surface area contributed by atoms with Crippen LogP contribution in [0.4, 0.5) is 4.39 Å². The van der Waals surface area contributed by atoms with Gasteiger partial charge in [-0.2, -0.15) is 0 Å². The summed E-state index contributed by atoms with van der Waals surface area (Å²) in [7, 11) is 3.10. The predicted molar refractivity (Wildman–Crippen MR) is 80.1 cm³/mol. The maximum absolute atomic E-state index is 14.1. The lowest BCUT2D eigenvalue weighted by Gasteiger charge is -2.19. The van der Waals surface area contributed by atoms with Crippen molar-refractivity contribution >= 4 is 11.6 Å². The van der Waals surface area contributed by atoms with Gasteiger partial charge in [0.2, 0.25) is 0 Å². The number of nitrogens with two attached hydrogens (primary N) is 1. The van der Waals surface area contributed by atoms with Gasteiger partial charge in [0.05, 0.1) is 20.3 Å². The molecule has 112 valence electrons. The van der Waals surface area contributed by atoms with Gasteiger partial charge in [-0.1, -0.05) is 17.7 Å². The summed E-state index contributed by atoms with van der Waals surface area (Å²) in [6, 6.07) is 9.16.